The molecule has 0 fully saturated rings. The van der Waals surface area contributed by atoms with Gasteiger partial charge in [-0.25, -0.2) is 4.39 Å². The predicted octanol–water partition coefficient (Wildman–Crippen LogP) is 3.51. The Morgan fingerprint density at radius 1 is 1.40 bits per heavy atom. The van der Waals surface area contributed by atoms with E-state index in [4.69, 9.17) is 4.74 Å². The third-order valence-corrected chi connectivity index (χ3v) is 3.33. The summed E-state index contributed by atoms with van der Waals surface area (Å²) in [6, 6.07) is 7.38. The molecular formula is C13H10BrFN2O3. The van der Waals surface area contributed by atoms with Crippen molar-refractivity contribution in [1.82, 2.24) is 4.98 Å². The molecule has 104 valence electrons. The van der Waals surface area contributed by atoms with Crippen molar-refractivity contribution >= 4 is 21.7 Å². The molecule has 2 rings (SSSR count). The fourth-order valence-corrected chi connectivity index (χ4v) is 2.08. The Morgan fingerprint density at radius 2 is 2.20 bits per heavy atom. The van der Waals surface area contributed by atoms with Crippen molar-refractivity contribution in [3.05, 3.63) is 62.5 Å². The van der Waals surface area contributed by atoms with Crippen LogP contribution in [0.25, 0.3) is 0 Å². The average Bonchev–Trinajstić information content (AvgIpc) is 2.43. The van der Waals surface area contributed by atoms with E-state index in [1.54, 1.807) is 12.1 Å². The lowest BCUT2D eigenvalue weighted by atomic mass is 10.1. The Balaban J connectivity index is 2.03. The summed E-state index contributed by atoms with van der Waals surface area (Å²) < 4.78 is 19.2. The summed E-state index contributed by atoms with van der Waals surface area (Å²) in [5.74, 6) is -0.564. The van der Waals surface area contributed by atoms with E-state index in [-0.39, 0.29) is 24.0 Å². The second kappa shape index (κ2) is 6.42. The third kappa shape index (κ3) is 3.51. The van der Waals surface area contributed by atoms with Gasteiger partial charge < -0.3 is 14.9 Å². The molecule has 0 saturated heterocycles. The van der Waals surface area contributed by atoms with E-state index in [1.165, 1.54) is 24.4 Å². The number of benzene rings is 1. The van der Waals surface area contributed by atoms with E-state index in [9.17, 15) is 14.5 Å². The van der Waals surface area contributed by atoms with Gasteiger partial charge in [0.2, 0.25) is 5.75 Å². The first-order chi connectivity index (χ1) is 9.58. The van der Waals surface area contributed by atoms with Crippen molar-refractivity contribution in [3.8, 4) is 5.75 Å². The average molecular weight is 341 g/mol. The van der Waals surface area contributed by atoms with Gasteiger partial charge in [-0.2, -0.15) is 0 Å². The van der Waals surface area contributed by atoms with Gasteiger partial charge in [-0.3, -0.25) is 0 Å². The highest BCUT2D eigenvalue weighted by Gasteiger charge is 2.15. The minimum absolute atomic E-state index is 0.102. The van der Waals surface area contributed by atoms with Crippen molar-refractivity contribution in [1.29, 1.82) is 0 Å². The van der Waals surface area contributed by atoms with E-state index in [0.717, 1.165) is 10.0 Å². The molecule has 0 amide bonds. The highest BCUT2D eigenvalue weighted by atomic mass is 79.9. The van der Waals surface area contributed by atoms with Gasteiger partial charge in [0, 0.05) is 10.9 Å². The fraction of sp³-hybridized carbons (Fsp3) is 0.154. The van der Waals surface area contributed by atoms with Gasteiger partial charge in [-0.15, -0.1) is 0 Å². The highest BCUT2D eigenvalue weighted by molar-refractivity contribution is 9.10. The summed E-state index contributed by atoms with van der Waals surface area (Å²) in [6.45, 7) is 0.189. The molecule has 0 spiro atoms. The van der Waals surface area contributed by atoms with E-state index in [1.807, 2.05) is 0 Å². The van der Waals surface area contributed by atoms with Crippen molar-refractivity contribution in [2.45, 2.75) is 6.42 Å². The molecule has 2 aromatic rings. The summed E-state index contributed by atoms with van der Waals surface area (Å²) in [6.07, 6.45) is 1.75. The number of nitrogens with zero attached hydrogens (tertiary/aromatic N) is 2. The number of nitro groups is 1. The van der Waals surface area contributed by atoms with Gasteiger partial charge in [0.05, 0.1) is 6.61 Å². The highest BCUT2D eigenvalue weighted by Crippen LogP contribution is 2.24. The maximum atomic E-state index is 13.1. The molecule has 0 atom stereocenters. The first kappa shape index (κ1) is 14.4. The van der Waals surface area contributed by atoms with E-state index < -0.39 is 4.92 Å². The lowest BCUT2D eigenvalue weighted by molar-refractivity contribution is -0.390. The van der Waals surface area contributed by atoms with Crippen LogP contribution in [0.4, 0.5) is 10.2 Å². The zero-order valence-corrected chi connectivity index (χ0v) is 11.8. The molecule has 0 unspecified atom stereocenters. The second-order valence-corrected chi connectivity index (χ2v) is 4.77. The molecule has 20 heavy (non-hydrogen) atoms. The van der Waals surface area contributed by atoms with Crippen LogP contribution in [-0.4, -0.2) is 16.5 Å². The van der Waals surface area contributed by atoms with Gasteiger partial charge in [0.25, 0.3) is 0 Å². The summed E-state index contributed by atoms with van der Waals surface area (Å²) in [5, 5.41) is 10.8. The topological polar surface area (TPSA) is 65.3 Å². The van der Waals surface area contributed by atoms with Crippen LogP contribution >= 0.6 is 15.9 Å². The molecule has 1 aromatic carbocycles. The number of hydrogen-bond donors (Lipinski definition) is 0. The first-order valence-corrected chi connectivity index (χ1v) is 6.53. The van der Waals surface area contributed by atoms with Crippen molar-refractivity contribution in [2.75, 3.05) is 6.61 Å². The number of ether oxygens (including phenoxy) is 1. The third-order valence-electron chi connectivity index (χ3n) is 2.56. The van der Waals surface area contributed by atoms with Crippen LogP contribution in [0.5, 0.6) is 5.75 Å². The lowest BCUT2D eigenvalue weighted by Crippen LogP contribution is -2.05. The number of halogens is 2. The fourth-order valence-electron chi connectivity index (χ4n) is 1.64. The quantitative estimate of drug-likeness (QED) is 0.617. The van der Waals surface area contributed by atoms with E-state index >= 15 is 0 Å². The minimum Gasteiger partial charge on any atom is -0.485 e. The van der Waals surface area contributed by atoms with Crippen LogP contribution in [0.3, 0.4) is 0 Å². The van der Waals surface area contributed by atoms with Crippen LogP contribution in [0.15, 0.2) is 41.0 Å². The molecule has 7 heteroatoms. The Morgan fingerprint density at radius 3 is 2.95 bits per heavy atom. The number of rotatable bonds is 5. The second-order valence-electron chi connectivity index (χ2n) is 3.92. The molecule has 0 aliphatic rings. The Kier molecular flexibility index (Phi) is 4.62. The zero-order chi connectivity index (χ0) is 14.5. The standard InChI is InChI=1S/C13H10BrFN2O3/c14-11-4-3-10(15)8-9(11)5-7-20-12-2-1-6-16-13(12)17(18)19/h1-4,6,8H,5,7H2. The smallest absolute Gasteiger partial charge is 0.406 e. The molecule has 0 N–H and O–H groups in total. The Labute approximate surface area is 122 Å². The SMILES string of the molecule is O=[N+]([O-])c1ncccc1OCCc1cc(F)ccc1Br. The molecule has 1 aromatic heterocycles. The van der Waals surface area contributed by atoms with Crippen LogP contribution in [0.2, 0.25) is 0 Å². The van der Waals surface area contributed by atoms with Crippen molar-refractivity contribution in [2.24, 2.45) is 0 Å². The van der Waals surface area contributed by atoms with E-state index in [2.05, 4.69) is 20.9 Å². The van der Waals surface area contributed by atoms with Crippen molar-refractivity contribution < 1.29 is 14.1 Å². The molecule has 0 aliphatic heterocycles. The van der Waals surface area contributed by atoms with Crippen LogP contribution < -0.4 is 4.74 Å². The minimum atomic E-state index is -0.604. The lowest BCUT2D eigenvalue weighted by Gasteiger charge is -2.07. The van der Waals surface area contributed by atoms with Crippen molar-refractivity contribution in [3.63, 3.8) is 0 Å². The summed E-state index contributed by atoms with van der Waals surface area (Å²) in [7, 11) is 0. The first-order valence-electron chi connectivity index (χ1n) is 5.74. The molecule has 0 saturated carbocycles. The van der Waals surface area contributed by atoms with Gasteiger partial charge >= 0.3 is 5.82 Å². The molecule has 5 nitrogen and oxygen atoms in total. The van der Waals surface area contributed by atoms with Gasteiger partial charge in [-0.05, 0) is 45.8 Å². The molecule has 0 aliphatic carbocycles. The van der Waals surface area contributed by atoms with Crippen LogP contribution in [0, 0.1) is 15.9 Å². The maximum Gasteiger partial charge on any atom is 0.406 e. The molecule has 1 heterocycles. The van der Waals surface area contributed by atoms with Gasteiger partial charge in [-0.1, -0.05) is 15.9 Å². The van der Waals surface area contributed by atoms with Crippen LogP contribution in [-0.2, 0) is 6.42 Å². The summed E-state index contributed by atoms with van der Waals surface area (Å²) in [5.41, 5.74) is 0.733. The Hall–Kier alpha value is -2.02. The van der Waals surface area contributed by atoms with Gasteiger partial charge in [0.15, 0.2) is 0 Å². The maximum absolute atomic E-state index is 13.1. The summed E-state index contributed by atoms with van der Waals surface area (Å²) in [4.78, 5) is 13.8. The summed E-state index contributed by atoms with van der Waals surface area (Å²) >= 11 is 3.31. The predicted molar refractivity (Wildman–Crippen MR) is 74.2 cm³/mol. The molecule has 0 radical (unpaired) electrons. The largest absolute Gasteiger partial charge is 0.485 e. The Bertz CT molecular complexity index is 637. The van der Waals surface area contributed by atoms with E-state index in [0.29, 0.717) is 6.42 Å². The number of pyridine rings is 1. The number of aromatic nitrogens is 1. The normalized spacial score (nSPS) is 10.3. The zero-order valence-electron chi connectivity index (χ0n) is 10.3. The molecular weight excluding hydrogens is 331 g/mol. The van der Waals surface area contributed by atoms with Crippen LogP contribution in [0.1, 0.15) is 5.56 Å². The monoisotopic (exact) mass is 340 g/mol. The van der Waals surface area contributed by atoms with Gasteiger partial charge in [0.1, 0.15) is 12.0 Å². The number of hydrogen-bond acceptors (Lipinski definition) is 4. The molecule has 0 bridgehead atoms.